The van der Waals surface area contributed by atoms with Gasteiger partial charge in [-0.3, -0.25) is 0 Å². The predicted molar refractivity (Wildman–Crippen MR) is 53.0 cm³/mol. The number of hydrogen-bond donors (Lipinski definition) is 1. The number of ether oxygens (including phenoxy) is 1. The molecule has 4 nitrogen and oxygen atoms in total. The Hall–Kier alpha value is -1.00. The molecule has 0 bridgehead atoms. The minimum absolute atomic E-state index is 0.120. The van der Waals surface area contributed by atoms with Crippen LogP contribution in [0.25, 0.3) is 0 Å². The molecule has 2 rings (SSSR count). The van der Waals surface area contributed by atoms with E-state index in [1.807, 2.05) is 6.07 Å². The lowest BCUT2D eigenvalue weighted by Crippen LogP contribution is -2.53. The molecule has 0 amide bonds. The molecule has 76 valence electrons. The topological polar surface area (TPSA) is 61.0 Å². The van der Waals surface area contributed by atoms with Crippen molar-refractivity contribution in [3.63, 3.8) is 0 Å². The molecular formula is C10H15N3O. The van der Waals surface area contributed by atoms with Crippen LogP contribution in [0.1, 0.15) is 18.4 Å². The summed E-state index contributed by atoms with van der Waals surface area (Å²) < 4.78 is 5.20. The third kappa shape index (κ3) is 1.40. The normalized spacial score (nSPS) is 19.0. The Morgan fingerprint density at radius 1 is 1.57 bits per heavy atom. The third-order valence-corrected chi connectivity index (χ3v) is 2.70. The summed E-state index contributed by atoms with van der Waals surface area (Å²) in [6.45, 7) is 3.94. The van der Waals surface area contributed by atoms with Gasteiger partial charge in [0.25, 0.3) is 0 Å². The summed E-state index contributed by atoms with van der Waals surface area (Å²) in [6.07, 6.45) is 2.73. The molecule has 0 aliphatic carbocycles. The number of aryl methyl sites for hydroxylation is 1. The molecule has 1 saturated heterocycles. The van der Waals surface area contributed by atoms with Crippen LogP contribution < -0.4 is 5.73 Å². The molecule has 0 aromatic carbocycles. The van der Waals surface area contributed by atoms with Crippen molar-refractivity contribution in [2.45, 2.75) is 18.8 Å². The lowest BCUT2D eigenvalue weighted by molar-refractivity contribution is -0.0594. The highest BCUT2D eigenvalue weighted by molar-refractivity contribution is 5.16. The van der Waals surface area contributed by atoms with Gasteiger partial charge >= 0.3 is 0 Å². The van der Waals surface area contributed by atoms with Crippen molar-refractivity contribution in [2.24, 2.45) is 5.73 Å². The molecule has 1 aliphatic heterocycles. The number of hydrogen-bond acceptors (Lipinski definition) is 4. The Morgan fingerprint density at radius 2 is 2.36 bits per heavy atom. The zero-order valence-corrected chi connectivity index (χ0v) is 8.36. The molecule has 2 heterocycles. The Balaban J connectivity index is 2.30. The molecule has 1 fully saturated rings. The predicted octanol–water partition coefficient (Wildman–Crippen LogP) is 0.266. The van der Waals surface area contributed by atoms with Gasteiger partial charge in [-0.25, -0.2) is 9.97 Å². The zero-order valence-electron chi connectivity index (χ0n) is 8.36. The van der Waals surface area contributed by atoms with Crippen molar-refractivity contribution in [3.8, 4) is 0 Å². The standard InChI is InChI=1S/C10H15N3O/c1-2-8-3-4-12-9(13-8)10(5-11)6-14-7-10/h3-4H,2,5-7,11H2,1H3. The van der Waals surface area contributed by atoms with Gasteiger partial charge in [0.05, 0.1) is 18.6 Å². The lowest BCUT2D eigenvalue weighted by Gasteiger charge is -2.38. The van der Waals surface area contributed by atoms with Crippen molar-refractivity contribution in [2.75, 3.05) is 19.8 Å². The smallest absolute Gasteiger partial charge is 0.140 e. The fourth-order valence-corrected chi connectivity index (χ4v) is 1.54. The van der Waals surface area contributed by atoms with E-state index in [1.54, 1.807) is 6.20 Å². The first kappa shape index (κ1) is 9.55. The van der Waals surface area contributed by atoms with Crippen LogP contribution in [0.2, 0.25) is 0 Å². The SMILES string of the molecule is CCc1ccnc(C2(CN)COC2)n1. The Morgan fingerprint density at radius 3 is 2.86 bits per heavy atom. The number of nitrogens with two attached hydrogens (primary N) is 1. The van der Waals surface area contributed by atoms with Crippen LogP contribution in [0.5, 0.6) is 0 Å². The first-order valence-corrected chi connectivity index (χ1v) is 4.91. The number of rotatable bonds is 3. The molecule has 1 aromatic heterocycles. The monoisotopic (exact) mass is 193 g/mol. The van der Waals surface area contributed by atoms with E-state index in [-0.39, 0.29) is 5.41 Å². The van der Waals surface area contributed by atoms with Gasteiger partial charge in [-0.2, -0.15) is 0 Å². The highest BCUT2D eigenvalue weighted by Gasteiger charge is 2.41. The quantitative estimate of drug-likeness (QED) is 0.748. The van der Waals surface area contributed by atoms with Crippen LogP contribution in [-0.2, 0) is 16.6 Å². The molecule has 0 spiro atoms. The Bertz CT molecular complexity index is 317. The molecular weight excluding hydrogens is 178 g/mol. The molecule has 2 N–H and O–H groups in total. The lowest BCUT2D eigenvalue weighted by atomic mass is 9.85. The van der Waals surface area contributed by atoms with E-state index in [1.165, 1.54) is 0 Å². The first-order valence-electron chi connectivity index (χ1n) is 4.91. The van der Waals surface area contributed by atoms with E-state index >= 15 is 0 Å². The molecule has 0 unspecified atom stereocenters. The molecule has 0 atom stereocenters. The minimum Gasteiger partial charge on any atom is -0.379 e. The fourth-order valence-electron chi connectivity index (χ4n) is 1.54. The van der Waals surface area contributed by atoms with E-state index < -0.39 is 0 Å². The highest BCUT2D eigenvalue weighted by Crippen LogP contribution is 2.28. The van der Waals surface area contributed by atoms with Crippen molar-refractivity contribution >= 4 is 0 Å². The summed E-state index contributed by atoms with van der Waals surface area (Å²) in [5.41, 5.74) is 6.68. The minimum atomic E-state index is -0.120. The van der Waals surface area contributed by atoms with E-state index in [2.05, 4.69) is 16.9 Å². The van der Waals surface area contributed by atoms with Gasteiger partial charge in [-0.15, -0.1) is 0 Å². The maximum Gasteiger partial charge on any atom is 0.140 e. The van der Waals surface area contributed by atoms with E-state index in [0.29, 0.717) is 19.8 Å². The van der Waals surface area contributed by atoms with Crippen molar-refractivity contribution < 1.29 is 4.74 Å². The summed E-state index contributed by atoms with van der Waals surface area (Å²) >= 11 is 0. The van der Waals surface area contributed by atoms with Crippen molar-refractivity contribution in [1.29, 1.82) is 0 Å². The maximum absolute atomic E-state index is 5.73. The molecule has 14 heavy (non-hydrogen) atoms. The van der Waals surface area contributed by atoms with E-state index in [9.17, 15) is 0 Å². The van der Waals surface area contributed by atoms with E-state index in [0.717, 1.165) is 17.9 Å². The summed E-state index contributed by atoms with van der Waals surface area (Å²) in [5, 5.41) is 0. The number of nitrogens with zero attached hydrogens (tertiary/aromatic N) is 2. The Kier molecular flexibility index (Phi) is 2.48. The van der Waals surface area contributed by atoms with Gasteiger partial charge < -0.3 is 10.5 Å². The highest BCUT2D eigenvalue weighted by atomic mass is 16.5. The van der Waals surface area contributed by atoms with E-state index in [4.69, 9.17) is 10.5 Å². The number of aromatic nitrogens is 2. The second-order valence-corrected chi connectivity index (χ2v) is 3.70. The molecule has 0 saturated carbocycles. The van der Waals surface area contributed by atoms with Gasteiger partial charge in [0.15, 0.2) is 0 Å². The largest absolute Gasteiger partial charge is 0.379 e. The van der Waals surface area contributed by atoms with Gasteiger partial charge in [0, 0.05) is 18.4 Å². The summed E-state index contributed by atoms with van der Waals surface area (Å²) in [5.74, 6) is 0.839. The maximum atomic E-state index is 5.73. The van der Waals surface area contributed by atoms with Crippen LogP contribution in [0.4, 0.5) is 0 Å². The fraction of sp³-hybridized carbons (Fsp3) is 0.600. The van der Waals surface area contributed by atoms with Gasteiger partial charge in [-0.05, 0) is 12.5 Å². The first-order chi connectivity index (χ1) is 6.80. The van der Waals surface area contributed by atoms with Crippen LogP contribution in [-0.4, -0.2) is 29.7 Å². The van der Waals surface area contributed by atoms with Crippen LogP contribution in [0, 0.1) is 0 Å². The molecule has 4 heteroatoms. The average molecular weight is 193 g/mol. The van der Waals surface area contributed by atoms with Crippen LogP contribution in [0.3, 0.4) is 0 Å². The third-order valence-electron chi connectivity index (χ3n) is 2.70. The Labute approximate surface area is 83.5 Å². The zero-order chi connectivity index (χ0) is 10.0. The molecule has 1 aliphatic rings. The van der Waals surface area contributed by atoms with Gasteiger partial charge in [0.2, 0.25) is 0 Å². The molecule has 0 radical (unpaired) electrons. The molecule has 1 aromatic rings. The van der Waals surface area contributed by atoms with Gasteiger partial charge in [0.1, 0.15) is 5.82 Å². The van der Waals surface area contributed by atoms with Crippen molar-refractivity contribution in [1.82, 2.24) is 9.97 Å². The second-order valence-electron chi connectivity index (χ2n) is 3.70. The van der Waals surface area contributed by atoms with Crippen LogP contribution in [0.15, 0.2) is 12.3 Å². The van der Waals surface area contributed by atoms with Crippen LogP contribution >= 0.6 is 0 Å². The summed E-state index contributed by atoms with van der Waals surface area (Å²) in [6, 6.07) is 1.94. The van der Waals surface area contributed by atoms with Gasteiger partial charge in [-0.1, -0.05) is 6.92 Å². The summed E-state index contributed by atoms with van der Waals surface area (Å²) in [7, 11) is 0. The second kappa shape index (κ2) is 3.63. The van der Waals surface area contributed by atoms with Crippen molar-refractivity contribution in [3.05, 3.63) is 23.8 Å². The summed E-state index contributed by atoms with van der Waals surface area (Å²) in [4.78, 5) is 8.77. The average Bonchev–Trinajstić information content (AvgIpc) is 2.18.